The minimum atomic E-state index is 0. The van der Waals surface area contributed by atoms with Crippen molar-refractivity contribution in [3.63, 3.8) is 0 Å². The second-order valence-electron chi connectivity index (χ2n) is 2.27. The summed E-state index contributed by atoms with van der Waals surface area (Å²) < 4.78 is 0. The zero-order valence-electron chi connectivity index (χ0n) is 5.92. The number of hydrogen-bond acceptors (Lipinski definition) is 0. The Kier molecular flexibility index (Phi) is 2.69. The Morgan fingerprint density at radius 2 is 1.64 bits per heavy atom. The van der Waals surface area contributed by atoms with E-state index in [2.05, 4.69) is 24.3 Å². The molecule has 2 rings (SSSR count). The summed E-state index contributed by atoms with van der Waals surface area (Å²) in [7, 11) is 0. The molecule has 0 spiro atoms. The van der Waals surface area contributed by atoms with Crippen molar-refractivity contribution < 1.29 is 17.1 Å². The molecule has 0 amide bonds. The van der Waals surface area contributed by atoms with Crippen molar-refractivity contribution in [2.75, 3.05) is 0 Å². The van der Waals surface area contributed by atoms with Gasteiger partial charge in [-0.3, -0.25) is 0 Å². The molecule has 0 saturated heterocycles. The summed E-state index contributed by atoms with van der Waals surface area (Å²) in [5, 5.41) is 2.53. The van der Waals surface area contributed by atoms with Gasteiger partial charge in [0.25, 0.3) is 0 Å². The second-order valence-corrected chi connectivity index (χ2v) is 2.27. The third-order valence-corrected chi connectivity index (χ3v) is 1.59. The fourth-order valence-corrected chi connectivity index (χ4v) is 1.07. The van der Waals surface area contributed by atoms with E-state index >= 15 is 0 Å². The molecular formula is C10H7Mn-. The van der Waals surface area contributed by atoms with Crippen molar-refractivity contribution in [2.45, 2.75) is 0 Å². The summed E-state index contributed by atoms with van der Waals surface area (Å²) in [6.07, 6.45) is 0. The predicted octanol–water partition coefficient (Wildman–Crippen LogP) is 2.64. The molecule has 0 saturated carbocycles. The molecule has 55 valence electrons. The third kappa shape index (κ3) is 1.62. The van der Waals surface area contributed by atoms with Crippen LogP contribution in [-0.2, 0) is 17.1 Å². The molecule has 0 N–H and O–H groups in total. The molecule has 0 heterocycles. The SMILES string of the molecule is [Mn].[c-]1ccc2ccccc2c1. The second kappa shape index (κ2) is 3.56. The first-order valence-electron chi connectivity index (χ1n) is 3.32. The zero-order chi connectivity index (χ0) is 6.81. The van der Waals surface area contributed by atoms with Crippen LogP contribution in [0.25, 0.3) is 10.8 Å². The van der Waals surface area contributed by atoms with E-state index in [4.69, 9.17) is 0 Å². The van der Waals surface area contributed by atoms with Crippen LogP contribution < -0.4 is 0 Å². The summed E-state index contributed by atoms with van der Waals surface area (Å²) in [6, 6.07) is 17.3. The van der Waals surface area contributed by atoms with Crippen molar-refractivity contribution >= 4 is 10.8 Å². The molecular weight excluding hydrogens is 175 g/mol. The fourth-order valence-electron chi connectivity index (χ4n) is 1.07. The van der Waals surface area contributed by atoms with Gasteiger partial charge in [-0.05, 0) is 0 Å². The maximum Gasteiger partial charge on any atom is 0 e. The van der Waals surface area contributed by atoms with Gasteiger partial charge in [-0.25, -0.2) is 0 Å². The Labute approximate surface area is 76.7 Å². The smallest absolute Gasteiger partial charge is 0 e. The van der Waals surface area contributed by atoms with Crippen LogP contribution in [0.4, 0.5) is 0 Å². The van der Waals surface area contributed by atoms with E-state index in [1.165, 1.54) is 10.8 Å². The van der Waals surface area contributed by atoms with Gasteiger partial charge in [-0.2, -0.15) is 24.3 Å². The number of hydrogen-bond donors (Lipinski definition) is 0. The van der Waals surface area contributed by atoms with Crippen LogP contribution in [0.15, 0.2) is 42.5 Å². The maximum atomic E-state index is 3.04. The van der Waals surface area contributed by atoms with Crippen LogP contribution in [0.3, 0.4) is 0 Å². The summed E-state index contributed by atoms with van der Waals surface area (Å²) in [6.45, 7) is 0. The minimum Gasteiger partial charge on any atom is -0.183 e. The quantitative estimate of drug-likeness (QED) is 0.434. The van der Waals surface area contributed by atoms with Crippen molar-refractivity contribution in [3.05, 3.63) is 48.5 Å². The largest absolute Gasteiger partial charge is 0.183 e. The standard InChI is InChI=1S/C10H7.Mn/c1-2-6-10-8-4-3-7-9(10)5-1;/h1-3,5-8H;/q-1;. The summed E-state index contributed by atoms with van der Waals surface area (Å²) in [5.74, 6) is 0. The first kappa shape index (κ1) is 8.32. The summed E-state index contributed by atoms with van der Waals surface area (Å²) >= 11 is 0. The van der Waals surface area contributed by atoms with Gasteiger partial charge >= 0.3 is 0 Å². The first-order valence-corrected chi connectivity index (χ1v) is 3.32. The molecule has 0 bridgehead atoms. The van der Waals surface area contributed by atoms with Gasteiger partial charge in [-0.15, -0.1) is 16.8 Å². The Bertz CT molecular complexity index is 276. The van der Waals surface area contributed by atoms with Gasteiger partial charge in [0.05, 0.1) is 0 Å². The molecule has 2 aromatic carbocycles. The zero-order valence-corrected chi connectivity index (χ0v) is 7.10. The predicted molar refractivity (Wildman–Crippen MR) is 42.8 cm³/mol. The monoisotopic (exact) mass is 182 g/mol. The number of rotatable bonds is 0. The molecule has 0 aromatic heterocycles. The molecule has 0 aliphatic heterocycles. The van der Waals surface area contributed by atoms with Crippen molar-refractivity contribution in [1.82, 2.24) is 0 Å². The normalized spacial score (nSPS) is 9.09. The fraction of sp³-hybridized carbons (Fsp3) is 0. The Morgan fingerprint density at radius 1 is 0.909 bits per heavy atom. The van der Waals surface area contributed by atoms with Crippen molar-refractivity contribution in [3.8, 4) is 0 Å². The van der Waals surface area contributed by atoms with Crippen LogP contribution in [0.1, 0.15) is 0 Å². The van der Waals surface area contributed by atoms with E-state index in [-0.39, 0.29) is 17.1 Å². The number of fused-ring (bicyclic) bond motifs is 1. The van der Waals surface area contributed by atoms with Crippen LogP contribution >= 0.6 is 0 Å². The maximum absolute atomic E-state index is 3.04. The first-order chi connectivity index (χ1) is 4.97. The number of benzene rings is 2. The molecule has 0 aliphatic carbocycles. The average Bonchev–Trinajstić information content (AvgIpc) is 2.05. The Hall–Kier alpha value is -0.781. The molecule has 1 heteroatoms. The topological polar surface area (TPSA) is 0 Å². The van der Waals surface area contributed by atoms with Gasteiger partial charge < -0.3 is 0 Å². The van der Waals surface area contributed by atoms with Gasteiger partial charge in [0.15, 0.2) is 0 Å². The molecule has 0 atom stereocenters. The van der Waals surface area contributed by atoms with Gasteiger partial charge in [0.2, 0.25) is 0 Å². The van der Waals surface area contributed by atoms with Crippen LogP contribution in [0.2, 0.25) is 0 Å². The van der Waals surface area contributed by atoms with Crippen molar-refractivity contribution in [1.29, 1.82) is 0 Å². The Morgan fingerprint density at radius 3 is 2.36 bits per heavy atom. The van der Waals surface area contributed by atoms with E-state index < -0.39 is 0 Å². The van der Waals surface area contributed by atoms with Crippen molar-refractivity contribution in [2.24, 2.45) is 0 Å². The summed E-state index contributed by atoms with van der Waals surface area (Å²) in [5.41, 5.74) is 0. The van der Waals surface area contributed by atoms with E-state index in [9.17, 15) is 0 Å². The molecule has 0 aliphatic rings. The van der Waals surface area contributed by atoms with E-state index in [0.29, 0.717) is 0 Å². The molecule has 2 aromatic rings. The van der Waals surface area contributed by atoms with E-state index in [0.717, 1.165) is 0 Å². The third-order valence-electron chi connectivity index (χ3n) is 1.59. The summed E-state index contributed by atoms with van der Waals surface area (Å²) in [4.78, 5) is 0. The molecule has 11 heavy (non-hydrogen) atoms. The average molecular weight is 182 g/mol. The molecule has 0 fully saturated rings. The van der Waals surface area contributed by atoms with Crippen LogP contribution in [0, 0.1) is 6.07 Å². The van der Waals surface area contributed by atoms with Crippen LogP contribution in [-0.4, -0.2) is 0 Å². The minimum absolute atomic E-state index is 0. The van der Waals surface area contributed by atoms with E-state index in [1.54, 1.807) is 0 Å². The van der Waals surface area contributed by atoms with Gasteiger partial charge in [0, 0.05) is 17.1 Å². The molecule has 0 nitrogen and oxygen atoms in total. The van der Waals surface area contributed by atoms with Gasteiger partial charge in [0.1, 0.15) is 0 Å². The Balaban J connectivity index is 0.000000605. The molecule has 0 unspecified atom stereocenters. The van der Waals surface area contributed by atoms with Crippen LogP contribution in [0.5, 0.6) is 0 Å². The molecule has 1 radical (unpaired) electrons. The van der Waals surface area contributed by atoms with Gasteiger partial charge in [-0.1, -0.05) is 18.2 Å². The van der Waals surface area contributed by atoms with E-state index in [1.807, 2.05) is 24.3 Å².